The Kier molecular flexibility index (Phi) is 17.0. The lowest BCUT2D eigenvalue weighted by molar-refractivity contribution is -0.192. The number of halogens is 3. The maximum Gasteiger partial charge on any atom is 0.490 e. The van der Waals surface area contributed by atoms with E-state index in [2.05, 4.69) is 63.8 Å². The van der Waals surface area contributed by atoms with Crippen LogP contribution in [0, 0.1) is 0 Å². The number of aliphatic carboxylic acids is 1. The molecule has 0 saturated carbocycles. The number of amides is 2. The number of carbonyl (C=O) groups excluding carboxylic acids is 2. The molecule has 7 heterocycles. The summed E-state index contributed by atoms with van der Waals surface area (Å²) in [5, 5.41) is 35.7. The van der Waals surface area contributed by atoms with Crippen LogP contribution in [0.3, 0.4) is 0 Å². The zero-order chi connectivity index (χ0) is 52.9. The normalized spacial score (nSPS) is 11.6. The average Bonchev–Trinajstić information content (AvgIpc) is 4.19. The molecule has 24 heteroatoms. The summed E-state index contributed by atoms with van der Waals surface area (Å²) >= 11 is 0. The summed E-state index contributed by atoms with van der Waals surface area (Å²) in [5.41, 5.74) is 22.8. The van der Waals surface area contributed by atoms with Crippen molar-refractivity contribution in [1.82, 2.24) is 54.7 Å². The SMILES string of the molecule is CCc1c(CNCC(O)CO)cccc1Nc1c(C(N)=O)cnc2[nH]c(-c3ccncc3)nc12.CCc1c(Cn2ccnc2)cccc1Nc1c(C(N)=O)cnc2[nH]c(-c3ccncc3)nc12.O=C(O)C(F)(F)F. The average molecular weight is 1010 g/mol. The molecule has 2 aromatic carbocycles. The first-order valence-electron chi connectivity index (χ1n) is 22.8. The topological polar surface area (TPSA) is 327 Å². The van der Waals surface area contributed by atoms with Crippen LogP contribution in [0.5, 0.6) is 0 Å². The van der Waals surface area contributed by atoms with Gasteiger partial charge in [-0.1, -0.05) is 38.1 Å². The number of aromatic nitrogens is 10. The van der Waals surface area contributed by atoms with E-state index in [0.29, 0.717) is 58.4 Å². The van der Waals surface area contributed by atoms with Crippen molar-refractivity contribution < 1.29 is 42.9 Å². The Morgan fingerprint density at radius 3 is 1.61 bits per heavy atom. The summed E-state index contributed by atoms with van der Waals surface area (Å²) in [6.07, 6.45) is 10.8. The van der Waals surface area contributed by atoms with Crippen molar-refractivity contribution in [1.29, 1.82) is 0 Å². The number of benzene rings is 2. The monoisotopic (exact) mass is 1010 g/mol. The van der Waals surface area contributed by atoms with Gasteiger partial charge in [-0.15, -0.1) is 0 Å². The van der Waals surface area contributed by atoms with Crippen LogP contribution in [-0.4, -0.2) is 108 Å². The number of anilines is 4. The van der Waals surface area contributed by atoms with Crippen LogP contribution < -0.4 is 27.4 Å². The Morgan fingerprint density at radius 1 is 0.716 bits per heavy atom. The summed E-state index contributed by atoms with van der Waals surface area (Å²) in [4.78, 5) is 70.2. The minimum absolute atomic E-state index is 0.233. The fourth-order valence-corrected chi connectivity index (χ4v) is 7.76. The number of fused-ring (bicyclic) bond motifs is 2. The number of primary amides is 2. The minimum atomic E-state index is -5.08. The number of H-pyrrole nitrogens is 2. The van der Waals surface area contributed by atoms with E-state index in [1.54, 1.807) is 37.3 Å². The smallest absolute Gasteiger partial charge is 0.475 e. The van der Waals surface area contributed by atoms with Gasteiger partial charge in [-0.25, -0.2) is 29.7 Å². The summed E-state index contributed by atoms with van der Waals surface area (Å²) < 4.78 is 33.8. The number of carboxylic acid groups (broad SMARTS) is 1. The second-order valence-corrected chi connectivity index (χ2v) is 16.2. The minimum Gasteiger partial charge on any atom is -0.475 e. The van der Waals surface area contributed by atoms with E-state index in [4.69, 9.17) is 36.4 Å². The molecule has 0 aliphatic heterocycles. The van der Waals surface area contributed by atoms with Crippen LogP contribution >= 0.6 is 0 Å². The Labute approximate surface area is 419 Å². The molecule has 9 rings (SSSR count). The number of carbonyl (C=O) groups is 3. The third-order valence-electron chi connectivity index (χ3n) is 11.3. The van der Waals surface area contributed by atoms with Gasteiger partial charge in [-0.3, -0.25) is 19.6 Å². The number of carboxylic acids is 1. The van der Waals surface area contributed by atoms with Gasteiger partial charge in [0.25, 0.3) is 11.8 Å². The largest absolute Gasteiger partial charge is 0.490 e. The van der Waals surface area contributed by atoms with Crippen molar-refractivity contribution in [3.05, 3.63) is 150 Å². The van der Waals surface area contributed by atoms with E-state index in [1.807, 2.05) is 72.3 Å². The van der Waals surface area contributed by atoms with Gasteiger partial charge in [-0.05, 0) is 71.5 Å². The third kappa shape index (κ3) is 12.7. The number of nitrogens with one attached hydrogen (secondary N) is 5. The number of aliphatic hydroxyl groups is 2. The van der Waals surface area contributed by atoms with E-state index in [0.717, 1.165) is 57.6 Å². The van der Waals surface area contributed by atoms with Crippen molar-refractivity contribution in [3.8, 4) is 22.8 Å². The highest BCUT2D eigenvalue weighted by molar-refractivity contribution is 6.07. The van der Waals surface area contributed by atoms with E-state index >= 15 is 0 Å². The molecule has 1 atom stereocenters. The number of pyridine rings is 4. The maximum atomic E-state index is 12.3. The Bertz CT molecular complexity index is 3370. The van der Waals surface area contributed by atoms with E-state index in [1.165, 1.54) is 12.4 Å². The maximum absolute atomic E-state index is 12.3. The molecule has 382 valence electrons. The molecule has 1 unspecified atom stereocenters. The fraction of sp³-hybridized carbons (Fsp3) is 0.200. The molecule has 9 aromatic rings. The van der Waals surface area contributed by atoms with Gasteiger partial charge in [0.1, 0.15) is 22.7 Å². The molecule has 74 heavy (non-hydrogen) atoms. The van der Waals surface area contributed by atoms with Gasteiger partial charge in [0.2, 0.25) is 0 Å². The number of nitrogens with two attached hydrogens (primary N) is 2. The first-order chi connectivity index (χ1) is 35.6. The summed E-state index contributed by atoms with van der Waals surface area (Å²) in [5.74, 6) is -2.71. The summed E-state index contributed by atoms with van der Waals surface area (Å²) in [6.45, 7) is 5.33. The zero-order valence-corrected chi connectivity index (χ0v) is 39.7. The molecule has 0 fully saturated rings. The molecule has 12 N–H and O–H groups in total. The van der Waals surface area contributed by atoms with Crippen LogP contribution in [0.1, 0.15) is 56.8 Å². The lowest BCUT2D eigenvalue weighted by Gasteiger charge is -2.18. The van der Waals surface area contributed by atoms with Crippen LogP contribution in [0.25, 0.3) is 45.1 Å². The number of nitrogens with zero attached hydrogens (tertiary/aromatic N) is 8. The third-order valence-corrected chi connectivity index (χ3v) is 11.3. The molecule has 2 amide bonds. The Balaban J connectivity index is 0.000000192. The van der Waals surface area contributed by atoms with Gasteiger partial charge >= 0.3 is 12.1 Å². The number of aliphatic hydroxyl groups excluding tert-OH is 2. The standard InChI is InChI=1S/C24H22N8O.C24H27N7O3.C2HF3O2/c1-2-17-16(13-32-11-10-27-14-32)4-3-5-19(17)29-20-18(22(25)33)12-28-24-21(20)30-23(31-24)15-6-8-26-9-7-15;1-2-17-15(10-27-11-16(33)13-32)4-3-5-19(17)29-20-18(22(25)34)12-28-24-21(20)30-23(31-24)14-6-8-26-9-7-14;3-2(4,5)1(6)7/h3-12,14H,2,13H2,1H3,(H2,25,33)(H2,28,29,30,31);3-9,12,16,27,32-33H,2,10-11,13H2,1H3,(H2,25,34)(H2,28,29,30,31);(H,6,7). The van der Waals surface area contributed by atoms with E-state index in [-0.39, 0.29) is 24.3 Å². The zero-order valence-electron chi connectivity index (χ0n) is 39.7. The molecule has 0 aliphatic rings. The molecule has 0 bridgehead atoms. The van der Waals surface area contributed by atoms with Crippen molar-refractivity contribution in [3.63, 3.8) is 0 Å². The van der Waals surface area contributed by atoms with Crippen molar-refractivity contribution in [2.45, 2.75) is 52.1 Å². The predicted octanol–water partition coefficient (Wildman–Crippen LogP) is 6.17. The Morgan fingerprint density at radius 2 is 1.19 bits per heavy atom. The highest BCUT2D eigenvalue weighted by atomic mass is 19.4. The number of hydrogen-bond donors (Lipinski definition) is 10. The summed E-state index contributed by atoms with van der Waals surface area (Å²) in [7, 11) is 0. The second kappa shape index (κ2) is 23.9. The summed E-state index contributed by atoms with van der Waals surface area (Å²) in [6, 6.07) is 19.3. The van der Waals surface area contributed by atoms with Crippen LogP contribution in [0.15, 0.2) is 117 Å². The predicted molar refractivity (Wildman–Crippen MR) is 269 cm³/mol. The van der Waals surface area contributed by atoms with E-state index in [9.17, 15) is 27.9 Å². The van der Waals surface area contributed by atoms with Crippen LogP contribution in [-0.2, 0) is 30.7 Å². The van der Waals surface area contributed by atoms with Crippen molar-refractivity contribution in [2.24, 2.45) is 11.5 Å². The number of imidazole rings is 3. The first kappa shape index (κ1) is 52.7. The fourth-order valence-electron chi connectivity index (χ4n) is 7.76. The molecule has 7 aromatic heterocycles. The van der Waals surface area contributed by atoms with Crippen LogP contribution in [0.2, 0.25) is 0 Å². The number of aromatic amines is 2. The van der Waals surface area contributed by atoms with Gasteiger partial charge in [-0.2, -0.15) is 13.2 Å². The number of hydrogen-bond acceptors (Lipinski definition) is 15. The molecule has 21 nitrogen and oxygen atoms in total. The molecule has 0 radical (unpaired) electrons. The molecule has 0 spiro atoms. The molecule has 0 aliphatic carbocycles. The molecular formula is C50H50F3N15O6. The van der Waals surface area contributed by atoms with Gasteiger partial charge in [0.15, 0.2) is 11.3 Å². The van der Waals surface area contributed by atoms with Crippen molar-refractivity contribution in [2.75, 3.05) is 23.8 Å². The number of alkyl halides is 3. The highest BCUT2D eigenvalue weighted by Crippen LogP contribution is 2.34. The Hall–Kier alpha value is -9.13. The van der Waals surface area contributed by atoms with Gasteiger partial charge in [0.05, 0.1) is 41.5 Å². The van der Waals surface area contributed by atoms with E-state index < -0.39 is 30.1 Å². The first-order valence-corrected chi connectivity index (χ1v) is 22.8. The van der Waals surface area contributed by atoms with Crippen LogP contribution in [0.4, 0.5) is 35.9 Å². The highest BCUT2D eigenvalue weighted by Gasteiger charge is 2.38. The lowest BCUT2D eigenvalue weighted by atomic mass is 10.0. The lowest BCUT2D eigenvalue weighted by Crippen LogP contribution is -2.29. The molecule has 0 saturated heterocycles. The number of rotatable bonds is 17. The molecular weight excluding hydrogens is 964 g/mol. The second-order valence-electron chi connectivity index (χ2n) is 16.2. The van der Waals surface area contributed by atoms with Gasteiger partial charge in [0, 0.05) is 91.7 Å². The van der Waals surface area contributed by atoms with Gasteiger partial charge < -0.3 is 57.3 Å². The quantitative estimate of drug-likeness (QED) is 0.0487. The van der Waals surface area contributed by atoms with Crippen molar-refractivity contribution >= 4 is 62.9 Å².